The first-order valence-electron chi connectivity index (χ1n) is 6.87. The Morgan fingerprint density at radius 1 is 1.00 bits per heavy atom. The zero-order valence-corrected chi connectivity index (χ0v) is 11.8. The van der Waals surface area contributed by atoms with E-state index in [4.69, 9.17) is 0 Å². The molecule has 0 radical (unpaired) electrons. The molecule has 22 heavy (non-hydrogen) atoms. The Bertz CT molecular complexity index is 760. The van der Waals surface area contributed by atoms with Gasteiger partial charge in [0.25, 0.3) is 5.91 Å². The maximum atomic E-state index is 12.0. The molecule has 108 valence electrons. The quantitative estimate of drug-likeness (QED) is 0.801. The second-order valence-corrected chi connectivity index (χ2v) is 4.68. The second-order valence-electron chi connectivity index (χ2n) is 4.68. The van der Waals surface area contributed by atoms with E-state index in [-0.39, 0.29) is 5.91 Å². The number of hydrogen-bond acceptors (Lipinski definition) is 4. The summed E-state index contributed by atoms with van der Waals surface area (Å²) in [6.07, 6.45) is 4.69. The van der Waals surface area contributed by atoms with Gasteiger partial charge < -0.3 is 5.32 Å². The summed E-state index contributed by atoms with van der Waals surface area (Å²) >= 11 is 0. The van der Waals surface area contributed by atoms with Gasteiger partial charge in [-0.25, -0.2) is 9.97 Å². The number of hydrogen-bond donors (Lipinski definition) is 1. The molecule has 0 bridgehead atoms. The van der Waals surface area contributed by atoms with Crippen molar-refractivity contribution in [3.05, 3.63) is 78.5 Å². The van der Waals surface area contributed by atoms with E-state index < -0.39 is 0 Å². The third kappa shape index (κ3) is 3.32. The molecule has 0 atom stereocenters. The summed E-state index contributed by atoms with van der Waals surface area (Å²) < 4.78 is 0. The number of nitrogens with zero attached hydrogens (tertiary/aromatic N) is 3. The van der Waals surface area contributed by atoms with Gasteiger partial charge in [0.2, 0.25) is 0 Å². The van der Waals surface area contributed by atoms with Gasteiger partial charge in [0, 0.05) is 23.5 Å². The number of pyridine rings is 1. The Labute approximate surface area is 128 Å². The van der Waals surface area contributed by atoms with Crippen LogP contribution in [0.25, 0.3) is 11.3 Å². The van der Waals surface area contributed by atoms with Gasteiger partial charge in [0.15, 0.2) is 0 Å². The molecule has 0 fully saturated rings. The first-order valence-corrected chi connectivity index (χ1v) is 6.87. The Balaban J connectivity index is 1.70. The van der Waals surface area contributed by atoms with Gasteiger partial charge in [-0.3, -0.25) is 9.78 Å². The van der Waals surface area contributed by atoms with Crippen molar-refractivity contribution in [2.45, 2.75) is 6.54 Å². The van der Waals surface area contributed by atoms with Crippen LogP contribution >= 0.6 is 0 Å². The molecular weight excluding hydrogens is 276 g/mol. The van der Waals surface area contributed by atoms with Gasteiger partial charge in [-0.1, -0.05) is 30.3 Å². The van der Waals surface area contributed by atoms with Gasteiger partial charge >= 0.3 is 0 Å². The fraction of sp³-hybridized carbons (Fsp3) is 0.0588. The monoisotopic (exact) mass is 290 g/mol. The van der Waals surface area contributed by atoms with E-state index in [9.17, 15) is 4.79 Å². The van der Waals surface area contributed by atoms with Crippen LogP contribution in [0.5, 0.6) is 0 Å². The number of amides is 1. The fourth-order valence-corrected chi connectivity index (χ4v) is 2.04. The van der Waals surface area contributed by atoms with Crippen LogP contribution in [0.3, 0.4) is 0 Å². The van der Waals surface area contributed by atoms with Crippen molar-refractivity contribution in [3.8, 4) is 11.3 Å². The lowest BCUT2D eigenvalue weighted by Crippen LogP contribution is -2.23. The average molecular weight is 290 g/mol. The van der Waals surface area contributed by atoms with Crippen LogP contribution in [0.4, 0.5) is 0 Å². The summed E-state index contributed by atoms with van der Waals surface area (Å²) in [5.74, 6) is -0.151. The molecule has 0 saturated carbocycles. The minimum atomic E-state index is -0.151. The van der Waals surface area contributed by atoms with Crippen molar-refractivity contribution in [1.29, 1.82) is 0 Å². The number of carbonyl (C=O) groups excluding carboxylic acids is 1. The van der Waals surface area contributed by atoms with E-state index in [2.05, 4.69) is 20.3 Å². The minimum Gasteiger partial charge on any atom is -0.346 e. The van der Waals surface area contributed by atoms with Crippen molar-refractivity contribution in [1.82, 2.24) is 20.3 Å². The molecule has 2 heterocycles. The summed E-state index contributed by atoms with van der Waals surface area (Å²) in [5.41, 5.74) is 3.19. The lowest BCUT2D eigenvalue weighted by atomic mass is 10.1. The maximum Gasteiger partial charge on any atom is 0.251 e. The van der Waals surface area contributed by atoms with Crippen LogP contribution in [0.15, 0.2) is 67.3 Å². The van der Waals surface area contributed by atoms with Crippen LogP contribution in [0.1, 0.15) is 16.1 Å². The van der Waals surface area contributed by atoms with E-state index in [1.807, 2.05) is 36.4 Å². The Morgan fingerprint density at radius 2 is 1.77 bits per heavy atom. The summed E-state index contributed by atoms with van der Waals surface area (Å²) in [6, 6.07) is 15.1. The largest absolute Gasteiger partial charge is 0.346 e. The van der Waals surface area contributed by atoms with Crippen molar-refractivity contribution >= 4 is 5.91 Å². The second kappa shape index (κ2) is 6.58. The molecule has 0 saturated heterocycles. The smallest absolute Gasteiger partial charge is 0.251 e. The molecule has 1 N–H and O–H groups in total. The molecule has 0 aliphatic carbocycles. The molecule has 0 spiro atoms. The molecule has 3 aromatic rings. The van der Waals surface area contributed by atoms with Crippen molar-refractivity contribution in [2.75, 3.05) is 0 Å². The van der Waals surface area contributed by atoms with Gasteiger partial charge in [-0.2, -0.15) is 0 Å². The highest BCUT2D eigenvalue weighted by Crippen LogP contribution is 2.16. The fourth-order valence-electron chi connectivity index (χ4n) is 2.04. The van der Waals surface area contributed by atoms with Crippen LogP contribution in [0.2, 0.25) is 0 Å². The highest BCUT2D eigenvalue weighted by atomic mass is 16.1. The molecule has 0 unspecified atom stereocenters. The van der Waals surface area contributed by atoms with Crippen LogP contribution in [0, 0.1) is 0 Å². The number of nitrogens with one attached hydrogen (secondary N) is 1. The zero-order valence-electron chi connectivity index (χ0n) is 11.8. The Morgan fingerprint density at radius 3 is 2.55 bits per heavy atom. The van der Waals surface area contributed by atoms with E-state index in [0.29, 0.717) is 12.1 Å². The number of benzene rings is 1. The van der Waals surface area contributed by atoms with E-state index in [0.717, 1.165) is 17.0 Å². The highest BCUT2D eigenvalue weighted by Gasteiger charge is 2.06. The zero-order chi connectivity index (χ0) is 15.2. The third-order valence-electron chi connectivity index (χ3n) is 3.17. The molecule has 1 aromatic carbocycles. The topological polar surface area (TPSA) is 67.8 Å². The van der Waals surface area contributed by atoms with Gasteiger partial charge in [-0.15, -0.1) is 0 Å². The van der Waals surface area contributed by atoms with Crippen molar-refractivity contribution < 1.29 is 4.79 Å². The summed E-state index contributed by atoms with van der Waals surface area (Å²) in [7, 11) is 0. The van der Waals surface area contributed by atoms with Crippen molar-refractivity contribution in [3.63, 3.8) is 0 Å². The van der Waals surface area contributed by atoms with E-state index in [1.165, 1.54) is 6.33 Å². The molecule has 3 rings (SSSR count). The Kier molecular flexibility index (Phi) is 4.15. The highest BCUT2D eigenvalue weighted by molar-refractivity contribution is 5.93. The average Bonchev–Trinajstić information content (AvgIpc) is 2.61. The molecule has 1 amide bonds. The predicted molar refractivity (Wildman–Crippen MR) is 82.9 cm³/mol. The SMILES string of the molecule is O=C(NCc1cc(-c2ccccc2)ncn1)c1ccncc1. The van der Waals surface area contributed by atoms with Crippen LogP contribution < -0.4 is 5.32 Å². The van der Waals surface area contributed by atoms with Crippen LogP contribution in [-0.4, -0.2) is 20.9 Å². The van der Waals surface area contributed by atoms with Crippen molar-refractivity contribution in [2.24, 2.45) is 0 Å². The first-order chi connectivity index (χ1) is 10.8. The summed E-state index contributed by atoms with van der Waals surface area (Å²) in [4.78, 5) is 24.3. The van der Waals surface area contributed by atoms with Gasteiger partial charge in [0.05, 0.1) is 17.9 Å². The van der Waals surface area contributed by atoms with Gasteiger partial charge in [0.1, 0.15) is 6.33 Å². The minimum absolute atomic E-state index is 0.151. The summed E-state index contributed by atoms with van der Waals surface area (Å²) in [6.45, 7) is 0.351. The molecular formula is C17H14N4O. The third-order valence-corrected chi connectivity index (χ3v) is 3.17. The lowest BCUT2D eigenvalue weighted by molar-refractivity contribution is 0.0950. The van der Waals surface area contributed by atoms with Crippen LogP contribution in [-0.2, 0) is 6.54 Å². The van der Waals surface area contributed by atoms with E-state index in [1.54, 1.807) is 24.5 Å². The Hall–Kier alpha value is -3.08. The lowest BCUT2D eigenvalue weighted by Gasteiger charge is -2.06. The van der Waals surface area contributed by atoms with Gasteiger partial charge in [-0.05, 0) is 18.2 Å². The number of carbonyl (C=O) groups is 1. The normalized spacial score (nSPS) is 10.2. The predicted octanol–water partition coefficient (Wildman–Crippen LogP) is 2.47. The molecule has 5 nitrogen and oxygen atoms in total. The molecule has 5 heteroatoms. The maximum absolute atomic E-state index is 12.0. The number of aromatic nitrogens is 3. The molecule has 2 aromatic heterocycles. The standard InChI is InChI=1S/C17H14N4O/c22-17(14-6-8-18-9-7-14)19-11-15-10-16(21-12-20-15)13-4-2-1-3-5-13/h1-10,12H,11H2,(H,19,22). The first kappa shape index (κ1) is 13.9. The summed E-state index contributed by atoms with van der Waals surface area (Å²) in [5, 5.41) is 2.84. The number of rotatable bonds is 4. The van der Waals surface area contributed by atoms with E-state index >= 15 is 0 Å². The molecule has 0 aliphatic heterocycles. The molecule has 0 aliphatic rings.